The molecular weight excluding hydrogens is 310 g/mol. The number of nitrogens with zero attached hydrogens (tertiary/aromatic N) is 5. The molecule has 0 fully saturated rings. The third-order valence-corrected chi connectivity index (χ3v) is 4.22. The summed E-state index contributed by atoms with van der Waals surface area (Å²) < 4.78 is 1.74. The van der Waals surface area contributed by atoms with Crippen LogP contribution in [0.5, 0.6) is 0 Å². The molecule has 0 N–H and O–H groups in total. The van der Waals surface area contributed by atoms with E-state index in [0.717, 1.165) is 39.4 Å². The third kappa shape index (κ3) is 2.78. The first-order valence-electron chi connectivity index (χ1n) is 8.27. The Bertz CT molecular complexity index is 1060. The molecule has 0 aliphatic rings. The van der Waals surface area contributed by atoms with Crippen molar-refractivity contribution in [1.29, 1.82) is 0 Å². The Hall–Kier alpha value is -3.08. The zero-order valence-electron chi connectivity index (χ0n) is 14.8. The van der Waals surface area contributed by atoms with Gasteiger partial charge in [-0.3, -0.25) is 0 Å². The topological polar surface area (TPSA) is 56.5 Å². The Balaban J connectivity index is 1.93. The summed E-state index contributed by atoms with van der Waals surface area (Å²) in [6, 6.07) is 14.4. The molecule has 25 heavy (non-hydrogen) atoms. The molecule has 0 saturated heterocycles. The molecule has 0 bridgehead atoms. The number of benzene rings is 1. The Morgan fingerprint density at radius 2 is 1.44 bits per heavy atom. The van der Waals surface area contributed by atoms with Gasteiger partial charge in [-0.25, -0.2) is 15.0 Å². The van der Waals surface area contributed by atoms with Crippen LogP contribution in [0.4, 0.5) is 0 Å². The lowest BCUT2D eigenvalue weighted by Crippen LogP contribution is -2.06. The second-order valence-corrected chi connectivity index (χ2v) is 6.38. The average molecular weight is 329 g/mol. The van der Waals surface area contributed by atoms with Gasteiger partial charge in [-0.15, -0.1) is 0 Å². The first-order valence-corrected chi connectivity index (χ1v) is 8.27. The van der Waals surface area contributed by atoms with Crippen LogP contribution in [-0.2, 0) is 0 Å². The highest BCUT2D eigenvalue weighted by Crippen LogP contribution is 2.24. The van der Waals surface area contributed by atoms with Crippen LogP contribution in [0.3, 0.4) is 0 Å². The molecule has 1 aromatic carbocycles. The molecule has 5 heteroatoms. The van der Waals surface area contributed by atoms with Crippen LogP contribution in [0.25, 0.3) is 28.2 Å². The number of fused-ring (bicyclic) bond motifs is 1. The Kier molecular flexibility index (Phi) is 3.57. The van der Waals surface area contributed by atoms with Gasteiger partial charge < -0.3 is 0 Å². The summed E-state index contributed by atoms with van der Waals surface area (Å²) >= 11 is 0. The molecule has 3 heterocycles. The molecule has 124 valence electrons. The van der Waals surface area contributed by atoms with Gasteiger partial charge in [-0.1, -0.05) is 29.8 Å². The van der Waals surface area contributed by atoms with E-state index >= 15 is 0 Å². The van der Waals surface area contributed by atoms with E-state index in [2.05, 4.69) is 52.3 Å². The fraction of sp³-hybridized carbons (Fsp3) is 0.200. The Labute approximate surface area is 146 Å². The van der Waals surface area contributed by atoms with Crippen LogP contribution in [-0.4, -0.2) is 24.7 Å². The van der Waals surface area contributed by atoms with E-state index in [9.17, 15) is 0 Å². The van der Waals surface area contributed by atoms with E-state index in [4.69, 9.17) is 4.98 Å². The van der Waals surface area contributed by atoms with E-state index in [1.807, 2.05) is 32.9 Å². The first kappa shape index (κ1) is 15.4. The number of aryl methyl sites for hydroxylation is 4. The van der Waals surface area contributed by atoms with Gasteiger partial charge in [-0.05, 0) is 45.9 Å². The van der Waals surface area contributed by atoms with Gasteiger partial charge in [0.05, 0.1) is 11.4 Å². The van der Waals surface area contributed by atoms with Crippen LogP contribution in [0, 0.1) is 27.7 Å². The third-order valence-electron chi connectivity index (χ3n) is 4.22. The van der Waals surface area contributed by atoms with Crippen molar-refractivity contribution >= 4 is 11.0 Å². The van der Waals surface area contributed by atoms with Gasteiger partial charge in [0.15, 0.2) is 5.65 Å². The lowest BCUT2D eigenvalue weighted by atomic mass is 10.1. The molecular formula is C20H19N5. The second kappa shape index (κ2) is 5.77. The predicted molar refractivity (Wildman–Crippen MR) is 98.8 cm³/mol. The lowest BCUT2D eigenvalue weighted by molar-refractivity contribution is 0.797. The first-order chi connectivity index (χ1) is 12.0. The van der Waals surface area contributed by atoms with E-state index < -0.39 is 0 Å². The maximum atomic E-state index is 4.85. The summed E-state index contributed by atoms with van der Waals surface area (Å²) in [5, 5.41) is 5.63. The maximum absolute atomic E-state index is 4.85. The van der Waals surface area contributed by atoms with Crippen molar-refractivity contribution in [2.75, 3.05) is 0 Å². The summed E-state index contributed by atoms with van der Waals surface area (Å²) in [5.74, 6) is 0.559. The monoisotopic (exact) mass is 329 g/mol. The standard InChI is InChI=1S/C20H19N5/c1-12-5-7-16(8-6-12)18-10-9-17-15(4)24-25(19(17)23-18)20-21-13(2)11-14(3)22-20/h5-11H,1-4H3. The maximum Gasteiger partial charge on any atom is 0.253 e. The number of rotatable bonds is 2. The van der Waals surface area contributed by atoms with E-state index in [-0.39, 0.29) is 0 Å². The molecule has 5 nitrogen and oxygen atoms in total. The molecule has 0 aliphatic heterocycles. The van der Waals surface area contributed by atoms with E-state index in [0.29, 0.717) is 5.95 Å². The highest BCUT2D eigenvalue weighted by atomic mass is 15.4. The summed E-state index contributed by atoms with van der Waals surface area (Å²) in [7, 11) is 0. The molecule has 0 unspecified atom stereocenters. The predicted octanol–water partition coefficient (Wildman–Crippen LogP) is 4.11. The summed E-state index contributed by atoms with van der Waals surface area (Å²) in [6.45, 7) is 7.98. The minimum Gasteiger partial charge on any atom is -0.228 e. The largest absolute Gasteiger partial charge is 0.253 e. The van der Waals surface area contributed by atoms with E-state index in [1.54, 1.807) is 4.68 Å². The Morgan fingerprint density at radius 1 is 0.760 bits per heavy atom. The SMILES string of the molecule is Cc1ccc(-c2ccc3c(C)nn(-c4nc(C)cc(C)n4)c3n2)cc1. The van der Waals surface area contributed by atoms with Crippen LogP contribution in [0.1, 0.15) is 22.6 Å². The normalized spacial score (nSPS) is 11.2. The molecule has 0 spiro atoms. The fourth-order valence-electron chi connectivity index (χ4n) is 2.97. The van der Waals surface area contributed by atoms with Gasteiger partial charge in [0.2, 0.25) is 0 Å². The zero-order chi connectivity index (χ0) is 17.6. The minimum atomic E-state index is 0.559. The minimum absolute atomic E-state index is 0.559. The molecule has 3 aromatic heterocycles. The Morgan fingerprint density at radius 3 is 2.12 bits per heavy atom. The lowest BCUT2D eigenvalue weighted by Gasteiger charge is -2.05. The van der Waals surface area contributed by atoms with Crippen molar-refractivity contribution in [3.63, 3.8) is 0 Å². The average Bonchev–Trinajstić information content (AvgIpc) is 2.91. The van der Waals surface area contributed by atoms with Crippen molar-refractivity contribution in [3.05, 3.63) is 65.1 Å². The zero-order valence-corrected chi connectivity index (χ0v) is 14.8. The van der Waals surface area contributed by atoms with Gasteiger partial charge in [0.25, 0.3) is 5.95 Å². The molecule has 4 rings (SSSR count). The number of aromatic nitrogens is 5. The van der Waals surface area contributed by atoms with Crippen LogP contribution >= 0.6 is 0 Å². The molecule has 0 atom stereocenters. The highest BCUT2D eigenvalue weighted by molar-refractivity contribution is 5.82. The number of hydrogen-bond acceptors (Lipinski definition) is 4. The summed E-state index contributed by atoms with van der Waals surface area (Å²) in [5.41, 5.74) is 6.75. The summed E-state index contributed by atoms with van der Waals surface area (Å²) in [4.78, 5) is 13.9. The van der Waals surface area contributed by atoms with Crippen molar-refractivity contribution < 1.29 is 0 Å². The fourth-order valence-corrected chi connectivity index (χ4v) is 2.97. The van der Waals surface area contributed by atoms with Crippen molar-refractivity contribution in [2.45, 2.75) is 27.7 Å². The molecule has 4 aromatic rings. The van der Waals surface area contributed by atoms with Crippen LogP contribution < -0.4 is 0 Å². The quantitative estimate of drug-likeness (QED) is 0.555. The van der Waals surface area contributed by atoms with Gasteiger partial charge in [0.1, 0.15) is 0 Å². The number of hydrogen-bond donors (Lipinski definition) is 0. The molecule has 0 radical (unpaired) electrons. The van der Waals surface area contributed by atoms with Crippen molar-refractivity contribution in [3.8, 4) is 17.2 Å². The van der Waals surface area contributed by atoms with Crippen molar-refractivity contribution in [2.24, 2.45) is 0 Å². The number of pyridine rings is 1. The van der Waals surface area contributed by atoms with Gasteiger partial charge >= 0.3 is 0 Å². The smallest absolute Gasteiger partial charge is 0.228 e. The highest BCUT2D eigenvalue weighted by Gasteiger charge is 2.14. The molecule has 0 aliphatic carbocycles. The van der Waals surface area contributed by atoms with Crippen LogP contribution in [0.2, 0.25) is 0 Å². The van der Waals surface area contributed by atoms with E-state index in [1.165, 1.54) is 5.56 Å². The van der Waals surface area contributed by atoms with Crippen molar-refractivity contribution in [1.82, 2.24) is 24.7 Å². The van der Waals surface area contributed by atoms with Gasteiger partial charge in [-0.2, -0.15) is 9.78 Å². The second-order valence-electron chi connectivity index (χ2n) is 6.38. The van der Waals surface area contributed by atoms with Gasteiger partial charge in [0, 0.05) is 22.3 Å². The molecule has 0 saturated carbocycles. The summed E-state index contributed by atoms with van der Waals surface area (Å²) in [6.07, 6.45) is 0. The molecule has 0 amide bonds. The van der Waals surface area contributed by atoms with Crippen LogP contribution in [0.15, 0.2) is 42.5 Å².